The average molecular weight is 226 g/mol. The van der Waals surface area contributed by atoms with Gasteiger partial charge in [0.15, 0.2) is 0 Å². The average Bonchev–Trinajstić information content (AvgIpc) is 2.39. The molecule has 0 saturated carbocycles. The monoisotopic (exact) mass is 226 g/mol. The molecule has 1 unspecified atom stereocenters. The second-order valence-electron chi connectivity index (χ2n) is 5.14. The molecule has 1 aromatic carbocycles. The summed E-state index contributed by atoms with van der Waals surface area (Å²) in [7, 11) is 0. The van der Waals surface area contributed by atoms with Crippen LogP contribution in [0.25, 0.3) is 11.1 Å². The zero-order valence-electron chi connectivity index (χ0n) is 11.0. The van der Waals surface area contributed by atoms with Gasteiger partial charge in [-0.05, 0) is 48.8 Å². The Bertz CT molecular complexity index is 420. The molecule has 1 atom stereocenters. The van der Waals surface area contributed by atoms with Crippen LogP contribution in [0.4, 0.5) is 0 Å². The lowest BCUT2D eigenvalue weighted by Crippen LogP contribution is -2.03. The molecule has 1 aromatic rings. The van der Waals surface area contributed by atoms with Crippen LogP contribution in [0.15, 0.2) is 36.9 Å². The van der Waals surface area contributed by atoms with Crippen LogP contribution in [-0.4, -0.2) is 0 Å². The van der Waals surface area contributed by atoms with Gasteiger partial charge in [0.2, 0.25) is 0 Å². The van der Waals surface area contributed by atoms with Crippen LogP contribution in [0.3, 0.4) is 0 Å². The van der Waals surface area contributed by atoms with E-state index in [-0.39, 0.29) is 0 Å². The van der Waals surface area contributed by atoms with Crippen molar-refractivity contribution in [3.8, 4) is 0 Å². The van der Waals surface area contributed by atoms with Gasteiger partial charge in [-0.25, -0.2) is 0 Å². The summed E-state index contributed by atoms with van der Waals surface area (Å²) in [5, 5.41) is 0. The number of benzene rings is 1. The molecule has 2 rings (SSSR count). The van der Waals surface area contributed by atoms with E-state index in [4.69, 9.17) is 0 Å². The zero-order valence-corrected chi connectivity index (χ0v) is 11.0. The van der Waals surface area contributed by atoms with Crippen molar-refractivity contribution in [3.63, 3.8) is 0 Å². The van der Waals surface area contributed by atoms with E-state index in [0.29, 0.717) is 0 Å². The molecule has 0 aliphatic heterocycles. The summed E-state index contributed by atoms with van der Waals surface area (Å²) in [6, 6.07) is 8.85. The largest absolute Gasteiger partial charge is 0.0955 e. The van der Waals surface area contributed by atoms with E-state index < -0.39 is 0 Å². The minimum absolute atomic E-state index is 0.911. The number of allylic oxidation sites excluding steroid dienone is 3. The summed E-state index contributed by atoms with van der Waals surface area (Å²) in [4.78, 5) is 0. The molecule has 1 aliphatic rings. The molecule has 0 heteroatoms. The van der Waals surface area contributed by atoms with Crippen molar-refractivity contribution in [2.45, 2.75) is 39.5 Å². The molecule has 0 nitrogen and oxygen atoms in total. The third-order valence-electron chi connectivity index (χ3n) is 3.85. The van der Waals surface area contributed by atoms with Crippen LogP contribution in [0.1, 0.15) is 50.7 Å². The predicted octanol–water partition coefficient (Wildman–Crippen LogP) is 5.31. The Labute approximate surface area is 105 Å². The normalized spacial score (nSPS) is 19.9. The Morgan fingerprint density at radius 1 is 1.29 bits per heavy atom. The molecule has 0 aromatic heterocycles. The Hall–Kier alpha value is -1.30. The topological polar surface area (TPSA) is 0 Å². The quantitative estimate of drug-likeness (QED) is 0.655. The Kier molecular flexibility index (Phi) is 3.83. The standard InChI is InChI=1S/C17H22/c1-4-14-5-7-16(8-6-14)17-11-9-15(10-12-17)13(2)3/h7,9-12,14H,2,4-6,8H2,1,3H3. The number of rotatable bonds is 3. The highest BCUT2D eigenvalue weighted by Gasteiger charge is 2.13. The van der Waals surface area contributed by atoms with Gasteiger partial charge in [-0.1, -0.05) is 55.8 Å². The van der Waals surface area contributed by atoms with E-state index in [9.17, 15) is 0 Å². The van der Waals surface area contributed by atoms with E-state index in [0.717, 1.165) is 11.5 Å². The predicted molar refractivity (Wildman–Crippen MR) is 76.8 cm³/mol. The van der Waals surface area contributed by atoms with Crippen molar-refractivity contribution in [1.29, 1.82) is 0 Å². The summed E-state index contributed by atoms with van der Waals surface area (Å²) in [6.45, 7) is 8.33. The lowest BCUT2D eigenvalue weighted by atomic mass is 9.85. The van der Waals surface area contributed by atoms with E-state index in [1.165, 1.54) is 42.4 Å². The third kappa shape index (κ3) is 2.88. The Morgan fingerprint density at radius 3 is 2.47 bits per heavy atom. The van der Waals surface area contributed by atoms with E-state index >= 15 is 0 Å². The summed E-state index contributed by atoms with van der Waals surface area (Å²) >= 11 is 0. The van der Waals surface area contributed by atoms with Gasteiger partial charge >= 0.3 is 0 Å². The highest BCUT2D eigenvalue weighted by atomic mass is 14.2. The molecular formula is C17H22. The lowest BCUT2D eigenvalue weighted by Gasteiger charge is -2.20. The fourth-order valence-corrected chi connectivity index (χ4v) is 2.49. The number of hydrogen-bond donors (Lipinski definition) is 0. The molecule has 0 N–H and O–H groups in total. The Balaban J connectivity index is 2.13. The SMILES string of the molecule is C=C(C)c1ccc(C2=CCC(CC)CC2)cc1. The summed E-state index contributed by atoms with van der Waals surface area (Å²) in [5.74, 6) is 0.911. The highest BCUT2D eigenvalue weighted by molar-refractivity contribution is 5.69. The van der Waals surface area contributed by atoms with Crippen LogP contribution < -0.4 is 0 Å². The van der Waals surface area contributed by atoms with Gasteiger partial charge in [-0.3, -0.25) is 0 Å². The maximum atomic E-state index is 3.97. The smallest absolute Gasteiger partial charge is 0.0227 e. The minimum Gasteiger partial charge on any atom is -0.0955 e. The molecule has 17 heavy (non-hydrogen) atoms. The van der Waals surface area contributed by atoms with Crippen LogP contribution in [0.2, 0.25) is 0 Å². The summed E-state index contributed by atoms with van der Waals surface area (Å²) in [6.07, 6.45) is 7.61. The van der Waals surface area contributed by atoms with Gasteiger partial charge in [0.05, 0.1) is 0 Å². The van der Waals surface area contributed by atoms with Crippen LogP contribution in [-0.2, 0) is 0 Å². The molecule has 0 radical (unpaired) electrons. The number of hydrogen-bond acceptors (Lipinski definition) is 0. The van der Waals surface area contributed by atoms with Crippen molar-refractivity contribution >= 4 is 11.1 Å². The third-order valence-corrected chi connectivity index (χ3v) is 3.85. The summed E-state index contributed by atoms with van der Waals surface area (Å²) < 4.78 is 0. The van der Waals surface area contributed by atoms with Crippen LogP contribution in [0, 0.1) is 5.92 Å². The first kappa shape index (κ1) is 12.2. The molecular weight excluding hydrogens is 204 g/mol. The van der Waals surface area contributed by atoms with Gasteiger partial charge in [0, 0.05) is 0 Å². The first-order valence-electron chi connectivity index (χ1n) is 6.66. The highest BCUT2D eigenvalue weighted by Crippen LogP contribution is 2.31. The van der Waals surface area contributed by atoms with Crippen molar-refractivity contribution < 1.29 is 0 Å². The maximum Gasteiger partial charge on any atom is -0.0227 e. The van der Waals surface area contributed by atoms with E-state index in [1.807, 2.05) is 0 Å². The van der Waals surface area contributed by atoms with E-state index in [1.54, 1.807) is 0 Å². The van der Waals surface area contributed by atoms with Gasteiger partial charge in [0.1, 0.15) is 0 Å². The maximum absolute atomic E-state index is 3.97. The second-order valence-corrected chi connectivity index (χ2v) is 5.14. The van der Waals surface area contributed by atoms with Gasteiger partial charge in [-0.2, -0.15) is 0 Å². The second kappa shape index (κ2) is 5.35. The van der Waals surface area contributed by atoms with E-state index in [2.05, 4.69) is 50.8 Å². The van der Waals surface area contributed by atoms with Crippen molar-refractivity contribution in [2.75, 3.05) is 0 Å². The van der Waals surface area contributed by atoms with Crippen molar-refractivity contribution in [3.05, 3.63) is 48.0 Å². The summed E-state index contributed by atoms with van der Waals surface area (Å²) in [5.41, 5.74) is 5.31. The molecule has 0 fully saturated rings. The van der Waals surface area contributed by atoms with Gasteiger partial charge < -0.3 is 0 Å². The lowest BCUT2D eigenvalue weighted by molar-refractivity contribution is 0.471. The molecule has 0 saturated heterocycles. The fraction of sp³-hybridized carbons (Fsp3) is 0.412. The van der Waals surface area contributed by atoms with Crippen molar-refractivity contribution in [1.82, 2.24) is 0 Å². The van der Waals surface area contributed by atoms with Crippen LogP contribution >= 0.6 is 0 Å². The molecule has 0 spiro atoms. The fourth-order valence-electron chi connectivity index (χ4n) is 2.49. The van der Waals surface area contributed by atoms with Gasteiger partial charge in [0.25, 0.3) is 0 Å². The minimum atomic E-state index is 0.911. The van der Waals surface area contributed by atoms with Crippen molar-refractivity contribution in [2.24, 2.45) is 5.92 Å². The zero-order chi connectivity index (χ0) is 12.3. The van der Waals surface area contributed by atoms with Gasteiger partial charge in [-0.15, -0.1) is 0 Å². The molecule has 1 aliphatic carbocycles. The first-order chi connectivity index (χ1) is 8.20. The molecule has 0 heterocycles. The van der Waals surface area contributed by atoms with Crippen LogP contribution in [0.5, 0.6) is 0 Å². The molecule has 0 bridgehead atoms. The molecule has 0 amide bonds. The first-order valence-corrected chi connectivity index (χ1v) is 6.66. The Morgan fingerprint density at radius 2 is 2.00 bits per heavy atom. The molecule has 90 valence electrons.